The van der Waals surface area contributed by atoms with Crippen LogP contribution >= 0.6 is 11.3 Å². The normalized spacial score (nSPS) is 17.9. The van der Waals surface area contributed by atoms with Gasteiger partial charge in [0.2, 0.25) is 5.91 Å². The van der Waals surface area contributed by atoms with Crippen molar-refractivity contribution in [1.82, 2.24) is 9.80 Å². The van der Waals surface area contributed by atoms with E-state index in [0.717, 1.165) is 38.2 Å². The zero-order valence-electron chi connectivity index (χ0n) is 14.7. The molecular weight excluding hydrogens is 340 g/mol. The number of fused-ring (bicyclic) bond motifs is 2. The maximum absolute atomic E-state index is 12.7. The number of hydrogen-bond donors (Lipinski definition) is 0. The van der Waals surface area contributed by atoms with Crippen LogP contribution in [0.3, 0.4) is 0 Å². The molecule has 3 aromatic rings. The Morgan fingerprint density at radius 1 is 1.08 bits per heavy atom. The highest BCUT2D eigenvalue weighted by Gasteiger charge is 2.36. The minimum atomic E-state index is 0.255. The van der Waals surface area contributed by atoms with Crippen molar-refractivity contribution in [3.8, 4) is 0 Å². The van der Waals surface area contributed by atoms with Gasteiger partial charge in [0.25, 0.3) is 0 Å². The third-order valence-electron chi connectivity index (χ3n) is 5.79. The van der Waals surface area contributed by atoms with E-state index >= 15 is 0 Å². The summed E-state index contributed by atoms with van der Waals surface area (Å²) in [5.74, 6) is 0.255. The molecule has 1 aromatic heterocycles. The Bertz CT molecular complexity index is 952. The molecule has 1 saturated heterocycles. The van der Waals surface area contributed by atoms with E-state index in [-0.39, 0.29) is 5.91 Å². The number of benzene rings is 2. The number of nitrogens with zero attached hydrogens (tertiary/aromatic N) is 2. The molecule has 0 unspecified atom stereocenters. The number of likely N-dealkylation sites (tertiary alicyclic amines) is 1. The van der Waals surface area contributed by atoms with Gasteiger partial charge in [0.05, 0.1) is 6.42 Å². The summed E-state index contributed by atoms with van der Waals surface area (Å²) in [5, 5.41) is 4.61. The van der Waals surface area contributed by atoms with Crippen molar-refractivity contribution in [1.29, 1.82) is 0 Å². The summed E-state index contributed by atoms with van der Waals surface area (Å²) in [6.07, 6.45) is 1.66. The molecule has 3 nitrogen and oxygen atoms in total. The second-order valence-corrected chi connectivity index (χ2v) is 8.36. The Morgan fingerprint density at radius 2 is 1.92 bits per heavy atom. The molecule has 2 aromatic carbocycles. The molecule has 0 aliphatic carbocycles. The van der Waals surface area contributed by atoms with Crippen LogP contribution in [0, 0.1) is 0 Å². The van der Waals surface area contributed by atoms with E-state index in [2.05, 4.69) is 46.7 Å². The SMILES string of the molecule is O=C(Cc1cccc2ccccc12)N1CC(N2CCc3sccc3C2)C1. The summed E-state index contributed by atoms with van der Waals surface area (Å²) >= 11 is 1.88. The first kappa shape index (κ1) is 16.0. The highest BCUT2D eigenvalue weighted by atomic mass is 32.1. The Kier molecular flexibility index (Phi) is 4.03. The molecule has 5 rings (SSSR count). The van der Waals surface area contributed by atoms with Gasteiger partial charge in [0.15, 0.2) is 0 Å². The Hall–Kier alpha value is -2.17. The lowest BCUT2D eigenvalue weighted by molar-refractivity contribution is -0.138. The van der Waals surface area contributed by atoms with Crippen LogP contribution in [0.4, 0.5) is 0 Å². The lowest BCUT2D eigenvalue weighted by Gasteiger charge is -2.46. The summed E-state index contributed by atoms with van der Waals surface area (Å²) in [7, 11) is 0. The van der Waals surface area contributed by atoms with Gasteiger partial charge < -0.3 is 4.90 Å². The molecule has 0 spiro atoms. The van der Waals surface area contributed by atoms with Gasteiger partial charge in [0.1, 0.15) is 0 Å². The van der Waals surface area contributed by atoms with Gasteiger partial charge in [-0.1, -0.05) is 42.5 Å². The second-order valence-electron chi connectivity index (χ2n) is 7.36. The molecule has 0 radical (unpaired) electrons. The fraction of sp³-hybridized carbons (Fsp3) is 0.318. The zero-order chi connectivity index (χ0) is 17.5. The first-order chi connectivity index (χ1) is 12.8. The van der Waals surface area contributed by atoms with E-state index in [1.807, 2.05) is 28.4 Å². The molecular formula is C22H22N2OS. The Labute approximate surface area is 157 Å². The van der Waals surface area contributed by atoms with E-state index in [0.29, 0.717) is 12.5 Å². The molecule has 132 valence electrons. The fourth-order valence-corrected chi connectivity index (χ4v) is 5.08. The minimum absolute atomic E-state index is 0.255. The second kappa shape index (κ2) is 6.53. The number of hydrogen-bond acceptors (Lipinski definition) is 3. The van der Waals surface area contributed by atoms with Gasteiger partial charge in [-0.3, -0.25) is 9.69 Å². The van der Waals surface area contributed by atoms with Gasteiger partial charge in [-0.25, -0.2) is 0 Å². The van der Waals surface area contributed by atoms with Crippen molar-refractivity contribution < 1.29 is 4.79 Å². The van der Waals surface area contributed by atoms with Crippen LogP contribution in [-0.4, -0.2) is 41.4 Å². The van der Waals surface area contributed by atoms with E-state index in [4.69, 9.17) is 0 Å². The van der Waals surface area contributed by atoms with Gasteiger partial charge in [-0.15, -0.1) is 11.3 Å². The van der Waals surface area contributed by atoms with Crippen LogP contribution in [0.25, 0.3) is 10.8 Å². The maximum atomic E-state index is 12.7. The summed E-state index contributed by atoms with van der Waals surface area (Å²) in [4.78, 5) is 18.9. The van der Waals surface area contributed by atoms with E-state index in [1.165, 1.54) is 16.3 Å². The molecule has 0 atom stereocenters. The number of amides is 1. The quantitative estimate of drug-likeness (QED) is 0.709. The van der Waals surface area contributed by atoms with Crippen LogP contribution in [0.5, 0.6) is 0 Å². The van der Waals surface area contributed by atoms with Crippen LogP contribution < -0.4 is 0 Å². The summed E-state index contributed by atoms with van der Waals surface area (Å²) in [5.41, 5.74) is 2.62. The average Bonchev–Trinajstić information content (AvgIpc) is 3.09. The molecule has 2 aliphatic heterocycles. The van der Waals surface area contributed by atoms with Crippen molar-refractivity contribution in [2.24, 2.45) is 0 Å². The van der Waals surface area contributed by atoms with Crippen LogP contribution in [0.2, 0.25) is 0 Å². The topological polar surface area (TPSA) is 23.6 Å². The van der Waals surface area contributed by atoms with Gasteiger partial charge >= 0.3 is 0 Å². The third kappa shape index (κ3) is 2.83. The largest absolute Gasteiger partial charge is 0.339 e. The number of thiophene rings is 1. The molecule has 4 heteroatoms. The van der Waals surface area contributed by atoms with Crippen LogP contribution in [0.15, 0.2) is 53.9 Å². The molecule has 0 saturated carbocycles. The van der Waals surface area contributed by atoms with Gasteiger partial charge in [0, 0.05) is 37.1 Å². The maximum Gasteiger partial charge on any atom is 0.227 e. The van der Waals surface area contributed by atoms with Crippen molar-refractivity contribution in [3.63, 3.8) is 0 Å². The van der Waals surface area contributed by atoms with Crippen molar-refractivity contribution in [2.45, 2.75) is 25.4 Å². The molecule has 1 fully saturated rings. The first-order valence-electron chi connectivity index (χ1n) is 9.31. The van der Waals surface area contributed by atoms with E-state index in [1.54, 1.807) is 4.88 Å². The minimum Gasteiger partial charge on any atom is -0.339 e. The summed E-state index contributed by atoms with van der Waals surface area (Å²) in [6.45, 7) is 3.94. The lowest BCUT2D eigenvalue weighted by atomic mass is 9.99. The van der Waals surface area contributed by atoms with Crippen molar-refractivity contribution in [2.75, 3.05) is 19.6 Å². The Morgan fingerprint density at radius 3 is 2.85 bits per heavy atom. The predicted molar refractivity (Wildman–Crippen MR) is 106 cm³/mol. The highest BCUT2D eigenvalue weighted by molar-refractivity contribution is 7.10. The number of carbonyl (C=O) groups is 1. The van der Waals surface area contributed by atoms with Crippen molar-refractivity contribution in [3.05, 3.63) is 69.9 Å². The Balaban J connectivity index is 1.22. The van der Waals surface area contributed by atoms with E-state index in [9.17, 15) is 4.79 Å². The predicted octanol–water partition coefficient (Wildman–Crippen LogP) is 3.71. The molecule has 2 aliphatic rings. The monoisotopic (exact) mass is 362 g/mol. The molecule has 3 heterocycles. The van der Waals surface area contributed by atoms with E-state index < -0.39 is 0 Å². The zero-order valence-corrected chi connectivity index (χ0v) is 15.5. The van der Waals surface area contributed by atoms with Crippen molar-refractivity contribution >= 4 is 28.0 Å². The van der Waals surface area contributed by atoms with Gasteiger partial charge in [-0.2, -0.15) is 0 Å². The van der Waals surface area contributed by atoms with Gasteiger partial charge in [-0.05, 0) is 39.8 Å². The molecule has 0 bridgehead atoms. The third-order valence-corrected chi connectivity index (χ3v) is 6.81. The van der Waals surface area contributed by atoms with Crippen LogP contribution in [0.1, 0.15) is 16.0 Å². The average molecular weight is 362 g/mol. The molecule has 26 heavy (non-hydrogen) atoms. The number of carbonyl (C=O) groups excluding carboxylic acids is 1. The standard InChI is InChI=1S/C22H22N2OS/c25-22(12-17-6-3-5-16-4-1-2-7-20(16)17)24-14-19(15-24)23-10-8-21-18(13-23)9-11-26-21/h1-7,9,11,19H,8,10,12-15H2. The van der Waals surface area contributed by atoms with Crippen LogP contribution in [-0.2, 0) is 24.2 Å². The number of rotatable bonds is 3. The fourth-order valence-electron chi connectivity index (χ4n) is 4.19. The summed E-state index contributed by atoms with van der Waals surface area (Å²) < 4.78 is 0. The smallest absolute Gasteiger partial charge is 0.227 e. The first-order valence-corrected chi connectivity index (χ1v) is 10.2. The molecule has 1 amide bonds. The highest BCUT2D eigenvalue weighted by Crippen LogP contribution is 2.28. The molecule has 0 N–H and O–H groups in total. The lowest BCUT2D eigenvalue weighted by Crippen LogP contribution is -2.61. The summed E-state index contributed by atoms with van der Waals surface area (Å²) in [6, 6.07) is 17.3.